The lowest BCUT2D eigenvalue weighted by Crippen LogP contribution is -2.26. The molecule has 21 heavy (non-hydrogen) atoms. The molecule has 2 rings (SSSR count). The fraction of sp³-hybridized carbons (Fsp3) is 0.235. The zero-order chi connectivity index (χ0) is 15.2. The Kier molecular flexibility index (Phi) is 4.82. The highest BCUT2D eigenvalue weighted by Gasteiger charge is 2.10. The number of rotatable bonds is 5. The molecule has 0 saturated carbocycles. The molecule has 0 fully saturated rings. The summed E-state index contributed by atoms with van der Waals surface area (Å²) in [4.78, 5) is 13.8. The Labute approximate surface area is 124 Å². The summed E-state index contributed by atoms with van der Waals surface area (Å²) in [6.07, 6.45) is 0.902. The van der Waals surface area contributed by atoms with E-state index in [9.17, 15) is 15.0 Å². The van der Waals surface area contributed by atoms with Crippen LogP contribution in [0.1, 0.15) is 17.5 Å². The molecule has 0 aliphatic carbocycles. The summed E-state index contributed by atoms with van der Waals surface area (Å²) >= 11 is 0. The number of hydrogen-bond acceptors (Lipinski definition) is 3. The molecule has 2 N–H and O–H groups in total. The second kappa shape index (κ2) is 6.79. The minimum Gasteiger partial charge on any atom is -0.504 e. The van der Waals surface area contributed by atoms with Crippen LogP contribution in [0.4, 0.5) is 0 Å². The number of amides is 1. The molecule has 4 nitrogen and oxygen atoms in total. The predicted molar refractivity (Wildman–Crippen MR) is 81.0 cm³/mol. The summed E-state index contributed by atoms with van der Waals surface area (Å²) in [6.45, 7) is 0.584. The molecule has 0 aliphatic heterocycles. The van der Waals surface area contributed by atoms with Gasteiger partial charge in [-0.3, -0.25) is 4.79 Å². The molecule has 0 bridgehead atoms. The Bertz CT molecular complexity index is 611. The van der Waals surface area contributed by atoms with Crippen molar-refractivity contribution in [2.45, 2.75) is 19.4 Å². The minimum absolute atomic E-state index is 0.0476. The molecule has 2 aromatic rings. The lowest BCUT2D eigenvalue weighted by molar-refractivity contribution is -0.130. The number of benzene rings is 2. The summed E-state index contributed by atoms with van der Waals surface area (Å²) in [6, 6.07) is 14.5. The van der Waals surface area contributed by atoms with Crippen molar-refractivity contribution in [2.75, 3.05) is 7.05 Å². The van der Waals surface area contributed by atoms with Crippen molar-refractivity contribution < 1.29 is 15.0 Å². The molecule has 0 spiro atoms. The van der Waals surface area contributed by atoms with Gasteiger partial charge in [0.05, 0.1) is 0 Å². The van der Waals surface area contributed by atoms with Crippen LogP contribution >= 0.6 is 0 Å². The normalized spacial score (nSPS) is 10.3. The van der Waals surface area contributed by atoms with E-state index in [4.69, 9.17) is 0 Å². The highest BCUT2D eigenvalue weighted by Crippen LogP contribution is 2.25. The number of aromatic hydroxyl groups is 2. The van der Waals surface area contributed by atoms with Crippen LogP contribution in [-0.4, -0.2) is 28.1 Å². The van der Waals surface area contributed by atoms with Gasteiger partial charge in [0.1, 0.15) is 0 Å². The zero-order valence-electron chi connectivity index (χ0n) is 12.0. The number of aryl methyl sites for hydroxylation is 1. The molecular formula is C17H19NO3. The molecule has 110 valence electrons. The maximum atomic E-state index is 12.1. The van der Waals surface area contributed by atoms with Gasteiger partial charge in [-0.05, 0) is 29.7 Å². The highest BCUT2D eigenvalue weighted by atomic mass is 16.3. The number of phenols is 2. The summed E-state index contributed by atoms with van der Waals surface area (Å²) in [5.74, 6) is -0.254. The fourth-order valence-electron chi connectivity index (χ4n) is 2.11. The molecular weight excluding hydrogens is 266 g/mol. The molecule has 2 aromatic carbocycles. The van der Waals surface area contributed by atoms with Crippen molar-refractivity contribution in [1.29, 1.82) is 0 Å². The largest absolute Gasteiger partial charge is 0.504 e. The molecule has 0 saturated heterocycles. The van der Waals surface area contributed by atoms with Gasteiger partial charge in [0, 0.05) is 20.0 Å². The molecule has 0 radical (unpaired) electrons. The van der Waals surface area contributed by atoms with Crippen LogP contribution in [0, 0.1) is 0 Å². The zero-order valence-corrected chi connectivity index (χ0v) is 12.0. The number of phenolic OH excluding ortho intramolecular Hbond substituents is 2. The van der Waals surface area contributed by atoms with Crippen molar-refractivity contribution in [2.24, 2.45) is 0 Å². The first-order valence-corrected chi connectivity index (χ1v) is 6.85. The van der Waals surface area contributed by atoms with Crippen LogP contribution in [0.25, 0.3) is 0 Å². The summed E-state index contributed by atoms with van der Waals surface area (Å²) in [7, 11) is 1.78. The minimum atomic E-state index is -0.155. The Hall–Kier alpha value is -2.49. The van der Waals surface area contributed by atoms with Gasteiger partial charge in [0.2, 0.25) is 5.91 Å². The first-order chi connectivity index (χ1) is 10.1. The van der Waals surface area contributed by atoms with Crippen LogP contribution in [-0.2, 0) is 17.8 Å². The van der Waals surface area contributed by atoms with Crippen LogP contribution < -0.4 is 0 Å². The lowest BCUT2D eigenvalue weighted by atomic mass is 10.1. The van der Waals surface area contributed by atoms with Crippen LogP contribution in [0.2, 0.25) is 0 Å². The average molecular weight is 285 g/mol. The van der Waals surface area contributed by atoms with E-state index in [-0.39, 0.29) is 17.4 Å². The molecule has 0 aromatic heterocycles. The van der Waals surface area contributed by atoms with Gasteiger partial charge in [-0.2, -0.15) is 0 Å². The topological polar surface area (TPSA) is 60.8 Å². The van der Waals surface area contributed by atoms with Crippen LogP contribution in [0.3, 0.4) is 0 Å². The lowest BCUT2D eigenvalue weighted by Gasteiger charge is -2.17. The van der Waals surface area contributed by atoms with Gasteiger partial charge in [0.15, 0.2) is 11.5 Å². The van der Waals surface area contributed by atoms with E-state index in [1.54, 1.807) is 18.0 Å². The number of nitrogens with zero attached hydrogens (tertiary/aromatic N) is 1. The predicted octanol–water partition coefficient (Wildman–Crippen LogP) is 2.69. The van der Waals surface area contributed by atoms with Crippen molar-refractivity contribution in [3.63, 3.8) is 0 Å². The second-order valence-electron chi connectivity index (χ2n) is 5.06. The maximum absolute atomic E-state index is 12.1. The number of hydrogen-bond donors (Lipinski definition) is 2. The average Bonchev–Trinajstić information content (AvgIpc) is 2.49. The van der Waals surface area contributed by atoms with Crippen molar-refractivity contribution in [1.82, 2.24) is 4.90 Å². The Morgan fingerprint density at radius 3 is 2.38 bits per heavy atom. The van der Waals surface area contributed by atoms with Crippen molar-refractivity contribution in [3.8, 4) is 11.5 Å². The molecule has 1 amide bonds. The van der Waals surface area contributed by atoms with E-state index in [1.807, 2.05) is 30.3 Å². The molecule has 0 heterocycles. The van der Waals surface area contributed by atoms with Gasteiger partial charge >= 0.3 is 0 Å². The van der Waals surface area contributed by atoms with Gasteiger partial charge in [-0.15, -0.1) is 0 Å². The fourth-order valence-corrected chi connectivity index (χ4v) is 2.11. The highest BCUT2D eigenvalue weighted by molar-refractivity contribution is 5.76. The number of carbonyl (C=O) groups is 1. The summed E-state index contributed by atoms with van der Waals surface area (Å²) < 4.78 is 0. The Morgan fingerprint density at radius 1 is 1.00 bits per heavy atom. The number of carbonyl (C=O) groups excluding carboxylic acids is 1. The van der Waals surface area contributed by atoms with Gasteiger partial charge in [-0.25, -0.2) is 0 Å². The van der Waals surface area contributed by atoms with E-state index < -0.39 is 0 Å². The smallest absolute Gasteiger partial charge is 0.222 e. The quantitative estimate of drug-likeness (QED) is 0.830. The van der Waals surface area contributed by atoms with Crippen molar-refractivity contribution in [3.05, 3.63) is 59.7 Å². The maximum Gasteiger partial charge on any atom is 0.222 e. The van der Waals surface area contributed by atoms with Crippen LogP contribution in [0.15, 0.2) is 48.5 Å². The van der Waals surface area contributed by atoms with Crippen LogP contribution in [0.5, 0.6) is 11.5 Å². The summed E-state index contributed by atoms with van der Waals surface area (Å²) in [5, 5.41) is 18.7. The van der Waals surface area contributed by atoms with E-state index in [2.05, 4.69) is 0 Å². The molecule has 0 aliphatic rings. The molecule has 0 unspecified atom stereocenters. The van der Waals surface area contributed by atoms with E-state index >= 15 is 0 Å². The van der Waals surface area contributed by atoms with E-state index in [0.29, 0.717) is 19.4 Å². The van der Waals surface area contributed by atoms with E-state index in [1.165, 1.54) is 12.1 Å². The van der Waals surface area contributed by atoms with E-state index in [0.717, 1.165) is 11.1 Å². The third-order valence-corrected chi connectivity index (χ3v) is 3.36. The first-order valence-electron chi connectivity index (χ1n) is 6.85. The second-order valence-corrected chi connectivity index (χ2v) is 5.06. The third kappa shape index (κ3) is 4.24. The van der Waals surface area contributed by atoms with Gasteiger partial charge in [0.25, 0.3) is 0 Å². The standard InChI is InChI=1S/C17H19NO3/c1-18(12-14-5-3-2-4-6-14)17(21)10-8-13-7-9-15(19)16(20)11-13/h2-7,9,11,19-20H,8,10,12H2,1H3. The Balaban J connectivity index is 1.87. The molecule has 4 heteroatoms. The van der Waals surface area contributed by atoms with Gasteiger partial charge in [-0.1, -0.05) is 36.4 Å². The summed E-state index contributed by atoms with van der Waals surface area (Å²) in [5.41, 5.74) is 1.92. The monoisotopic (exact) mass is 285 g/mol. The first kappa shape index (κ1) is 14.9. The van der Waals surface area contributed by atoms with Gasteiger partial charge < -0.3 is 15.1 Å². The Morgan fingerprint density at radius 2 is 1.71 bits per heavy atom. The van der Waals surface area contributed by atoms with Crippen molar-refractivity contribution >= 4 is 5.91 Å². The third-order valence-electron chi connectivity index (χ3n) is 3.36. The molecule has 0 atom stereocenters. The SMILES string of the molecule is CN(Cc1ccccc1)C(=O)CCc1ccc(O)c(O)c1.